The van der Waals surface area contributed by atoms with Crippen LogP contribution in [0.15, 0.2) is 12.4 Å². The fraction of sp³-hybridized carbons (Fsp3) is 0.250. The Balaban J connectivity index is 3.16. The summed E-state index contributed by atoms with van der Waals surface area (Å²) < 4.78 is 1.73. The van der Waals surface area contributed by atoms with Gasteiger partial charge < -0.3 is 0 Å². The van der Waals surface area contributed by atoms with E-state index < -0.39 is 0 Å². The number of aromatic nitrogens is 1. The summed E-state index contributed by atoms with van der Waals surface area (Å²) in [4.78, 5) is 0. The van der Waals surface area contributed by atoms with E-state index in [0.717, 1.165) is 0 Å². The molecule has 0 aliphatic heterocycles. The average Bonchev–Trinajstić information content (AvgIpc) is 2.13. The zero-order chi connectivity index (χ0) is 6.85. The molecule has 0 radical (unpaired) electrons. The topological polar surface area (TPSA) is 4.93 Å². The van der Waals surface area contributed by atoms with Crippen molar-refractivity contribution < 1.29 is 0 Å². The Bertz CT molecular complexity index is 231. The van der Waals surface area contributed by atoms with Gasteiger partial charge in [0.15, 0.2) is 0 Å². The van der Waals surface area contributed by atoms with E-state index in [1.165, 1.54) is 11.1 Å². The van der Waals surface area contributed by atoms with Crippen LogP contribution in [0.25, 0.3) is 0 Å². The quantitative estimate of drug-likeness (QED) is 0.456. The molecule has 0 saturated carbocycles. The van der Waals surface area contributed by atoms with Crippen molar-refractivity contribution in [1.82, 2.24) is 4.57 Å². The third-order valence-electron chi connectivity index (χ3n) is 1.44. The number of hydrogen-bond donors (Lipinski definition) is 0. The summed E-state index contributed by atoms with van der Waals surface area (Å²) in [6.45, 7) is 4.09. The van der Waals surface area contributed by atoms with Gasteiger partial charge in [-0.05, 0) is 25.0 Å². The molecule has 0 fully saturated rings. The van der Waals surface area contributed by atoms with Gasteiger partial charge in [0.05, 0.1) is 0 Å². The summed E-state index contributed by atoms with van der Waals surface area (Å²) in [5.74, 6) is 0. The third-order valence-corrected chi connectivity index (χ3v) is 1.44. The zero-order valence-electron chi connectivity index (χ0n) is 5.68. The van der Waals surface area contributed by atoms with Crippen molar-refractivity contribution in [1.29, 1.82) is 0 Å². The molecule has 0 unspecified atom stereocenters. The molecule has 0 aromatic carbocycles. The molecule has 0 aliphatic carbocycles. The van der Waals surface area contributed by atoms with Crippen LogP contribution in [0, 0.1) is 26.3 Å². The normalized spacial score (nSPS) is 9.00. The molecule has 0 atom stereocenters. The number of nitrogens with zero attached hydrogens (tertiary/aromatic N) is 1. The van der Waals surface area contributed by atoms with Crippen molar-refractivity contribution in [3.63, 3.8) is 0 Å². The Hall–Kier alpha value is -1.16. The molecule has 1 nitrogen and oxygen atoms in total. The van der Waals surface area contributed by atoms with Crippen LogP contribution in [0.3, 0.4) is 0 Å². The van der Waals surface area contributed by atoms with E-state index in [2.05, 4.69) is 6.04 Å². The van der Waals surface area contributed by atoms with E-state index in [9.17, 15) is 0 Å². The summed E-state index contributed by atoms with van der Waals surface area (Å²) in [6, 6.07) is 2.51. The molecular weight excluding hydrogens is 110 g/mol. The molecule has 0 aliphatic rings. The van der Waals surface area contributed by atoms with Crippen LogP contribution in [0.4, 0.5) is 0 Å². The van der Waals surface area contributed by atoms with Gasteiger partial charge in [0, 0.05) is 18.4 Å². The van der Waals surface area contributed by atoms with Crippen molar-refractivity contribution in [2.75, 3.05) is 0 Å². The molecule has 0 bridgehead atoms. The number of aryl methyl sites for hydroxylation is 2. The predicted octanol–water partition coefficient (Wildman–Crippen LogP) is 1.54. The highest BCUT2D eigenvalue weighted by Crippen LogP contribution is 2.05. The summed E-state index contributed by atoms with van der Waals surface area (Å²) in [5, 5.41) is 0. The fourth-order valence-electron chi connectivity index (χ4n) is 0.733. The van der Waals surface area contributed by atoms with Crippen LogP contribution in [0.5, 0.6) is 0 Å². The van der Waals surface area contributed by atoms with Crippen LogP contribution in [0.1, 0.15) is 11.1 Å². The molecule has 0 amide bonds. The smallest absolute Gasteiger partial charge is 0.0209 e. The largest absolute Gasteiger partial charge is 0.284 e. The molecule has 1 rings (SSSR count). The van der Waals surface area contributed by atoms with Gasteiger partial charge in [-0.2, -0.15) is 0 Å². The van der Waals surface area contributed by atoms with Crippen LogP contribution in [0.2, 0.25) is 0 Å². The van der Waals surface area contributed by atoms with Gasteiger partial charge in [0.25, 0.3) is 0 Å². The number of terminal acetylenes is 1. The Kier molecular flexibility index (Phi) is 1.32. The minimum absolute atomic E-state index is 1.24. The lowest BCUT2D eigenvalue weighted by Crippen LogP contribution is -1.77. The second-order valence-corrected chi connectivity index (χ2v) is 2.16. The molecule has 1 aromatic heterocycles. The number of rotatable bonds is 0. The second-order valence-electron chi connectivity index (χ2n) is 2.16. The lowest BCUT2D eigenvalue weighted by Gasteiger charge is -1.80. The molecule has 46 valence electrons. The van der Waals surface area contributed by atoms with Crippen molar-refractivity contribution in [3.8, 4) is 12.5 Å². The first kappa shape index (κ1) is 5.97. The Morgan fingerprint density at radius 3 is 2.00 bits per heavy atom. The standard InChI is InChI=1S/C8H9N/c1-4-9-5-7(2)8(3)6-9/h1,5-6H,2-3H3. The SMILES string of the molecule is C#Cn1cc(C)c(C)c1. The molecule has 1 heterocycles. The summed E-state index contributed by atoms with van der Waals surface area (Å²) in [6.07, 6.45) is 9.02. The number of hydrogen-bond acceptors (Lipinski definition) is 0. The molecule has 0 saturated heterocycles. The molecule has 0 spiro atoms. The monoisotopic (exact) mass is 119 g/mol. The maximum atomic E-state index is 5.14. The first-order valence-electron chi connectivity index (χ1n) is 2.86. The minimum Gasteiger partial charge on any atom is -0.284 e. The fourth-order valence-corrected chi connectivity index (χ4v) is 0.733. The maximum absolute atomic E-state index is 5.14. The predicted molar refractivity (Wildman–Crippen MR) is 38.1 cm³/mol. The van der Waals surface area contributed by atoms with Crippen LogP contribution >= 0.6 is 0 Å². The Labute approximate surface area is 55.3 Å². The average molecular weight is 119 g/mol. The maximum Gasteiger partial charge on any atom is 0.0209 e. The zero-order valence-corrected chi connectivity index (χ0v) is 5.68. The van der Waals surface area contributed by atoms with Crippen LogP contribution < -0.4 is 0 Å². The third kappa shape index (κ3) is 0.972. The van der Waals surface area contributed by atoms with Gasteiger partial charge in [0.1, 0.15) is 0 Å². The molecule has 1 heteroatoms. The van der Waals surface area contributed by atoms with Gasteiger partial charge in [0.2, 0.25) is 0 Å². The van der Waals surface area contributed by atoms with Crippen molar-refractivity contribution in [3.05, 3.63) is 23.5 Å². The molecule has 9 heavy (non-hydrogen) atoms. The van der Waals surface area contributed by atoms with E-state index in [4.69, 9.17) is 6.42 Å². The van der Waals surface area contributed by atoms with E-state index >= 15 is 0 Å². The first-order chi connectivity index (χ1) is 4.24. The highest BCUT2D eigenvalue weighted by atomic mass is 14.9. The van der Waals surface area contributed by atoms with Gasteiger partial charge in [-0.25, -0.2) is 0 Å². The van der Waals surface area contributed by atoms with Gasteiger partial charge >= 0.3 is 0 Å². The molecule has 0 N–H and O–H groups in total. The van der Waals surface area contributed by atoms with Crippen LogP contribution in [-0.2, 0) is 0 Å². The Morgan fingerprint density at radius 2 is 1.78 bits per heavy atom. The molecular formula is C8H9N. The van der Waals surface area contributed by atoms with Crippen molar-refractivity contribution in [2.24, 2.45) is 0 Å². The summed E-state index contributed by atoms with van der Waals surface area (Å²) in [7, 11) is 0. The van der Waals surface area contributed by atoms with Crippen molar-refractivity contribution >= 4 is 0 Å². The molecule has 1 aromatic rings. The van der Waals surface area contributed by atoms with E-state index in [0.29, 0.717) is 0 Å². The van der Waals surface area contributed by atoms with Crippen LogP contribution in [-0.4, -0.2) is 4.57 Å². The summed E-state index contributed by atoms with van der Waals surface area (Å²) in [5.41, 5.74) is 2.49. The highest BCUT2D eigenvalue weighted by Gasteiger charge is 1.92. The minimum atomic E-state index is 1.24. The van der Waals surface area contributed by atoms with E-state index in [1.807, 2.05) is 26.2 Å². The second kappa shape index (κ2) is 1.99. The van der Waals surface area contributed by atoms with Gasteiger partial charge in [-0.1, -0.05) is 6.42 Å². The van der Waals surface area contributed by atoms with Gasteiger partial charge in [-0.15, -0.1) is 0 Å². The lowest BCUT2D eigenvalue weighted by molar-refractivity contribution is 1.14. The van der Waals surface area contributed by atoms with Crippen molar-refractivity contribution in [2.45, 2.75) is 13.8 Å². The lowest BCUT2D eigenvalue weighted by atomic mass is 10.2. The van der Waals surface area contributed by atoms with E-state index in [-0.39, 0.29) is 0 Å². The van der Waals surface area contributed by atoms with E-state index in [1.54, 1.807) is 4.57 Å². The van der Waals surface area contributed by atoms with Gasteiger partial charge in [-0.3, -0.25) is 4.57 Å². The Morgan fingerprint density at radius 1 is 1.33 bits per heavy atom. The summed E-state index contributed by atoms with van der Waals surface area (Å²) >= 11 is 0. The first-order valence-corrected chi connectivity index (χ1v) is 2.86. The highest BCUT2D eigenvalue weighted by molar-refractivity contribution is 5.23.